The predicted molar refractivity (Wildman–Crippen MR) is 100 cm³/mol. The number of benzene rings is 2. The van der Waals surface area contributed by atoms with E-state index in [1.807, 2.05) is 0 Å². The summed E-state index contributed by atoms with van der Waals surface area (Å²) in [5.41, 5.74) is -1.76. The lowest BCUT2D eigenvalue weighted by Gasteiger charge is -2.18. The number of nitrogens with one attached hydrogen (secondary N) is 1. The van der Waals surface area contributed by atoms with E-state index >= 15 is 0 Å². The van der Waals surface area contributed by atoms with Crippen molar-refractivity contribution >= 4 is 11.6 Å². The fraction of sp³-hybridized carbons (Fsp3) is 0.316. The zero-order valence-electron chi connectivity index (χ0n) is 16.5. The van der Waals surface area contributed by atoms with Crippen molar-refractivity contribution in [2.45, 2.75) is 19.1 Å². The standard InChI is InChI=1S/C19H19F3N2O6/c1-10(11-6-5-7-12(8-11)19(20,21)22)23-18(25)13-9-14(28-2)16(29-3)17(30-4)15(13)24(26)27/h5-10H,1-4H3,(H,23,25). The second kappa shape index (κ2) is 8.89. The van der Waals surface area contributed by atoms with Gasteiger partial charge in [-0.2, -0.15) is 13.2 Å². The van der Waals surface area contributed by atoms with E-state index in [2.05, 4.69) is 5.32 Å². The number of ether oxygens (including phenoxy) is 3. The maximum atomic E-state index is 12.9. The van der Waals surface area contributed by atoms with E-state index in [0.717, 1.165) is 25.3 Å². The fourth-order valence-electron chi connectivity index (χ4n) is 2.84. The summed E-state index contributed by atoms with van der Waals surface area (Å²) in [6.07, 6.45) is -4.55. The van der Waals surface area contributed by atoms with Gasteiger partial charge in [-0.05, 0) is 24.6 Å². The molecule has 2 rings (SSSR count). The number of halogens is 3. The average Bonchev–Trinajstić information content (AvgIpc) is 2.70. The first-order valence-corrected chi connectivity index (χ1v) is 8.50. The molecule has 0 spiro atoms. The van der Waals surface area contributed by atoms with E-state index in [1.54, 1.807) is 0 Å². The molecule has 1 unspecified atom stereocenters. The number of hydrogen-bond acceptors (Lipinski definition) is 6. The third-order valence-corrected chi connectivity index (χ3v) is 4.29. The number of carbonyl (C=O) groups is 1. The summed E-state index contributed by atoms with van der Waals surface area (Å²) >= 11 is 0. The molecule has 11 heteroatoms. The molecular weight excluding hydrogens is 409 g/mol. The molecule has 1 N–H and O–H groups in total. The molecule has 0 aliphatic carbocycles. The highest BCUT2D eigenvalue weighted by molar-refractivity contribution is 6.00. The Kier molecular flexibility index (Phi) is 6.75. The number of carbonyl (C=O) groups excluding carboxylic acids is 1. The van der Waals surface area contributed by atoms with Crippen LogP contribution >= 0.6 is 0 Å². The van der Waals surface area contributed by atoms with Crippen molar-refractivity contribution in [3.63, 3.8) is 0 Å². The van der Waals surface area contributed by atoms with E-state index in [1.165, 1.54) is 33.3 Å². The smallest absolute Gasteiger partial charge is 0.416 e. The van der Waals surface area contributed by atoms with Gasteiger partial charge in [-0.3, -0.25) is 14.9 Å². The summed E-state index contributed by atoms with van der Waals surface area (Å²) in [4.78, 5) is 23.6. The molecule has 0 aliphatic heterocycles. The van der Waals surface area contributed by atoms with Crippen molar-refractivity contribution in [1.29, 1.82) is 0 Å². The highest BCUT2D eigenvalue weighted by atomic mass is 19.4. The highest BCUT2D eigenvalue weighted by Crippen LogP contribution is 2.46. The topological polar surface area (TPSA) is 99.9 Å². The van der Waals surface area contributed by atoms with Gasteiger partial charge in [-0.15, -0.1) is 0 Å². The van der Waals surface area contributed by atoms with Crippen LogP contribution in [-0.4, -0.2) is 32.2 Å². The molecule has 0 bridgehead atoms. The molecular formula is C19H19F3N2O6. The normalized spacial score (nSPS) is 12.1. The van der Waals surface area contributed by atoms with Crippen molar-refractivity contribution in [1.82, 2.24) is 5.32 Å². The fourth-order valence-corrected chi connectivity index (χ4v) is 2.84. The van der Waals surface area contributed by atoms with Gasteiger partial charge in [0.25, 0.3) is 5.91 Å². The summed E-state index contributed by atoms with van der Waals surface area (Å²) < 4.78 is 54.1. The molecule has 8 nitrogen and oxygen atoms in total. The Hall–Kier alpha value is -3.50. The molecule has 2 aromatic carbocycles. The molecule has 162 valence electrons. The third kappa shape index (κ3) is 4.56. The maximum Gasteiger partial charge on any atom is 0.416 e. The Balaban J connectivity index is 2.47. The highest BCUT2D eigenvalue weighted by Gasteiger charge is 2.34. The van der Waals surface area contributed by atoms with Gasteiger partial charge in [0.1, 0.15) is 5.56 Å². The molecule has 0 saturated carbocycles. The van der Waals surface area contributed by atoms with E-state index in [-0.39, 0.29) is 22.8 Å². The summed E-state index contributed by atoms with van der Waals surface area (Å²) in [6, 6.07) is 4.65. The number of alkyl halides is 3. The minimum atomic E-state index is -4.55. The van der Waals surface area contributed by atoms with Gasteiger partial charge in [-0.25, -0.2) is 0 Å². The van der Waals surface area contributed by atoms with Crippen LogP contribution in [0.4, 0.5) is 18.9 Å². The SMILES string of the molecule is COc1cc(C(=O)NC(C)c2cccc(C(F)(F)F)c2)c([N+](=O)[O-])c(OC)c1OC. The molecule has 0 heterocycles. The van der Waals surface area contributed by atoms with Crippen LogP contribution in [0, 0.1) is 10.1 Å². The van der Waals surface area contributed by atoms with Gasteiger partial charge >= 0.3 is 11.9 Å². The van der Waals surface area contributed by atoms with Crippen LogP contribution in [0.3, 0.4) is 0 Å². The maximum absolute atomic E-state index is 12.9. The lowest BCUT2D eigenvalue weighted by molar-refractivity contribution is -0.386. The Morgan fingerprint density at radius 1 is 1.10 bits per heavy atom. The molecule has 0 saturated heterocycles. The van der Waals surface area contributed by atoms with Gasteiger partial charge in [0, 0.05) is 6.07 Å². The van der Waals surface area contributed by atoms with Crippen LogP contribution in [0.2, 0.25) is 0 Å². The van der Waals surface area contributed by atoms with E-state index in [0.29, 0.717) is 0 Å². The molecule has 0 aromatic heterocycles. The number of hydrogen-bond donors (Lipinski definition) is 1. The van der Waals surface area contributed by atoms with Crippen LogP contribution in [0.25, 0.3) is 0 Å². The molecule has 1 atom stereocenters. The molecule has 1 amide bonds. The van der Waals surface area contributed by atoms with Crippen LogP contribution in [-0.2, 0) is 6.18 Å². The van der Waals surface area contributed by atoms with Gasteiger partial charge in [0.05, 0.1) is 37.9 Å². The molecule has 30 heavy (non-hydrogen) atoms. The number of methoxy groups -OCH3 is 3. The Bertz CT molecular complexity index is 962. The number of nitro benzene ring substituents is 1. The quantitative estimate of drug-likeness (QED) is 0.526. The third-order valence-electron chi connectivity index (χ3n) is 4.29. The van der Waals surface area contributed by atoms with Crippen molar-refractivity contribution in [2.24, 2.45) is 0 Å². The van der Waals surface area contributed by atoms with Crippen LogP contribution < -0.4 is 19.5 Å². The second-order valence-corrected chi connectivity index (χ2v) is 6.12. The summed E-state index contributed by atoms with van der Waals surface area (Å²) in [6.45, 7) is 1.46. The van der Waals surface area contributed by atoms with Gasteiger partial charge in [-0.1, -0.05) is 12.1 Å². The first-order chi connectivity index (χ1) is 14.0. The molecule has 0 radical (unpaired) electrons. The number of rotatable bonds is 7. The summed E-state index contributed by atoms with van der Waals surface area (Å²) in [5.74, 6) is -1.28. The Morgan fingerprint density at radius 3 is 2.23 bits per heavy atom. The zero-order valence-corrected chi connectivity index (χ0v) is 16.5. The van der Waals surface area contributed by atoms with Crippen LogP contribution in [0.1, 0.15) is 34.5 Å². The molecule has 0 fully saturated rings. The molecule has 2 aromatic rings. The minimum Gasteiger partial charge on any atom is -0.493 e. The number of amides is 1. The first kappa shape index (κ1) is 22.8. The number of nitro groups is 1. The summed E-state index contributed by atoms with van der Waals surface area (Å²) in [7, 11) is 3.69. The van der Waals surface area contributed by atoms with E-state index in [9.17, 15) is 28.1 Å². The van der Waals surface area contributed by atoms with Crippen molar-refractivity contribution in [3.05, 3.63) is 57.1 Å². The lowest BCUT2D eigenvalue weighted by atomic mass is 10.0. The summed E-state index contributed by atoms with van der Waals surface area (Å²) in [5, 5.41) is 14.1. The zero-order chi connectivity index (χ0) is 22.6. The average molecular weight is 428 g/mol. The van der Waals surface area contributed by atoms with E-state index in [4.69, 9.17) is 14.2 Å². The predicted octanol–water partition coefficient (Wildman–Crippen LogP) is 4.13. The largest absolute Gasteiger partial charge is 0.493 e. The van der Waals surface area contributed by atoms with Gasteiger partial charge in [0.2, 0.25) is 11.5 Å². The van der Waals surface area contributed by atoms with Gasteiger partial charge < -0.3 is 19.5 Å². The number of nitrogens with zero attached hydrogens (tertiary/aromatic N) is 1. The van der Waals surface area contributed by atoms with Crippen LogP contribution in [0.5, 0.6) is 17.2 Å². The Morgan fingerprint density at radius 2 is 1.73 bits per heavy atom. The molecule has 0 aliphatic rings. The Labute approximate surface area is 169 Å². The van der Waals surface area contributed by atoms with E-state index < -0.39 is 39.9 Å². The van der Waals surface area contributed by atoms with Gasteiger partial charge in [0.15, 0.2) is 5.75 Å². The van der Waals surface area contributed by atoms with Crippen molar-refractivity contribution in [2.75, 3.05) is 21.3 Å². The first-order valence-electron chi connectivity index (χ1n) is 8.50. The van der Waals surface area contributed by atoms with Crippen LogP contribution in [0.15, 0.2) is 30.3 Å². The van der Waals surface area contributed by atoms with Crippen molar-refractivity contribution in [3.8, 4) is 17.2 Å². The monoisotopic (exact) mass is 428 g/mol. The minimum absolute atomic E-state index is 0.0109. The van der Waals surface area contributed by atoms with Crippen molar-refractivity contribution < 1.29 is 37.1 Å². The second-order valence-electron chi connectivity index (χ2n) is 6.12. The lowest BCUT2D eigenvalue weighted by Crippen LogP contribution is -2.27.